The van der Waals surface area contributed by atoms with E-state index in [1.54, 1.807) is 0 Å². The van der Waals surface area contributed by atoms with E-state index in [2.05, 4.69) is 52.4 Å². The molecule has 0 bridgehead atoms. The van der Waals surface area contributed by atoms with Gasteiger partial charge in [0.2, 0.25) is 10.0 Å². The second kappa shape index (κ2) is 14.2. The number of hydrogen-bond donors (Lipinski definition) is 3. The first-order chi connectivity index (χ1) is 13.9. The molecule has 0 radical (unpaired) electrons. The van der Waals surface area contributed by atoms with Crippen LogP contribution in [0.1, 0.15) is 42.9 Å². The molecule has 1 unspecified atom stereocenters. The molecule has 1 aromatic carbocycles. The third-order valence-electron chi connectivity index (χ3n) is 4.77. The van der Waals surface area contributed by atoms with Crippen LogP contribution in [0.15, 0.2) is 23.2 Å². The predicted molar refractivity (Wildman–Crippen MR) is 134 cm³/mol. The molecule has 30 heavy (non-hydrogen) atoms. The number of halogens is 1. The zero-order valence-electron chi connectivity index (χ0n) is 18.4. The Hall–Kier alpha value is -0.910. The summed E-state index contributed by atoms with van der Waals surface area (Å²) in [7, 11) is -3.36. The fraction of sp³-hybridized carbons (Fsp3) is 0.667. The van der Waals surface area contributed by atoms with Gasteiger partial charge >= 0.3 is 0 Å². The van der Waals surface area contributed by atoms with Gasteiger partial charge < -0.3 is 15.4 Å². The van der Waals surface area contributed by atoms with Crippen LogP contribution >= 0.6 is 24.0 Å². The molecule has 1 saturated heterocycles. The van der Waals surface area contributed by atoms with E-state index in [0.29, 0.717) is 12.5 Å². The van der Waals surface area contributed by atoms with E-state index in [1.807, 2.05) is 6.92 Å². The van der Waals surface area contributed by atoms with Crippen molar-refractivity contribution < 1.29 is 13.2 Å². The van der Waals surface area contributed by atoms with Gasteiger partial charge in [-0.3, -0.25) is 4.99 Å². The van der Waals surface area contributed by atoms with Gasteiger partial charge in [-0.1, -0.05) is 29.3 Å². The van der Waals surface area contributed by atoms with Crippen molar-refractivity contribution in [1.82, 2.24) is 15.4 Å². The summed E-state index contributed by atoms with van der Waals surface area (Å²) in [5.74, 6) is 0.607. The number of nitrogens with one attached hydrogen (secondary N) is 3. The highest BCUT2D eigenvalue weighted by Crippen LogP contribution is 2.12. The molecule has 172 valence electrons. The van der Waals surface area contributed by atoms with Crippen LogP contribution in [0.2, 0.25) is 0 Å². The van der Waals surface area contributed by atoms with Gasteiger partial charge in [0.25, 0.3) is 0 Å². The number of benzene rings is 1. The van der Waals surface area contributed by atoms with Crippen LogP contribution in [-0.4, -0.2) is 59.0 Å². The number of hydrogen-bond acceptors (Lipinski definition) is 4. The molecule has 9 heteroatoms. The Bertz CT molecular complexity index is 745. The van der Waals surface area contributed by atoms with E-state index < -0.39 is 10.0 Å². The fourth-order valence-electron chi connectivity index (χ4n) is 3.42. The largest absolute Gasteiger partial charge is 0.377 e. The zero-order valence-corrected chi connectivity index (χ0v) is 21.5. The molecule has 1 aromatic rings. The number of aliphatic imine (C=N–C) groups is 1. The van der Waals surface area contributed by atoms with E-state index in [4.69, 9.17) is 4.74 Å². The van der Waals surface area contributed by atoms with Crippen molar-refractivity contribution in [2.75, 3.05) is 38.5 Å². The summed E-state index contributed by atoms with van der Waals surface area (Å²) in [6, 6.07) is 6.54. The van der Waals surface area contributed by atoms with Crippen LogP contribution in [0.4, 0.5) is 0 Å². The maximum Gasteiger partial charge on any atom is 0.213 e. The molecule has 1 aliphatic heterocycles. The van der Waals surface area contributed by atoms with Crippen molar-refractivity contribution in [2.45, 2.75) is 52.6 Å². The lowest BCUT2D eigenvalue weighted by molar-refractivity contribution is 0.0200. The Morgan fingerprint density at radius 1 is 1.17 bits per heavy atom. The third-order valence-corrected chi connectivity index (χ3v) is 6.09. The van der Waals surface area contributed by atoms with Crippen molar-refractivity contribution in [3.8, 4) is 0 Å². The highest BCUT2D eigenvalue weighted by Gasteiger charge is 2.17. The number of guanidine groups is 1. The fourth-order valence-corrected chi connectivity index (χ4v) is 4.33. The Labute approximate surface area is 198 Å². The average Bonchev–Trinajstić information content (AvgIpc) is 2.66. The smallest absolute Gasteiger partial charge is 0.213 e. The first-order valence-corrected chi connectivity index (χ1v) is 12.2. The van der Waals surface area contributed by atoms with Crippen molar-refractivity contribution >= 4 is 40.0 Å². The maximum absolute atomic E-state index is 12.2. The third kappa shape index (κ3) is 10.9. The van der Waals surface area contributed by atoms with Crippen LogP contribution in [0, 0.1) is 13.8 Å². The van der Waals surface area contributed by atoms with Crippen LogP contribution in [0.3, 0.4) is 0 Å². The average molecular weight is 553 g/mol. The Balaban J connectivity index is 0.00000450. The van der Waals surface area contributed by atoms with Gasteiger partial charge in [0, 0.05) is 26.2 Å². The van der Waals surface area contributed by atoms with Gasteiger partial charge in [0.1, 0.15) is 0 Å². The Morgan fingerprint density at radius 2 is 1.90 bits per heavy atom. The van der Waals surface area contributed by atoms with Gasteiger partial charge in [-0.2, -0.15) is 0 Å². The van der Waals surface area contributed by atoms with Gasteiger partial charge in [0.05, 0.1) is 18.4 Å². The molecular weight excluding hydrogens is 515 g/mol. The molecule has 1 heterocycles. The molecular formula is C21H37IN4O3S. The van der Waals surface area contributed by atoms with Gasteiger partial charge in [-0.05, 0) is 52.0 Å². The summed E-state index contributed by atoms with van der Waals surface area (Å²) in [6.07, 6.45) is 3.94. The summed E-state index contributed by atoms with van der Waals surface area (Å²) in [5, 5.41) is 6.45. The lowest BCUT2D eigenvalue weighted by atomic mass is 10.1. The monoisotopic (exact) mass is 552 g/mol. The number of rotatable bonds is 10. The minimum Gasteiger partial charge on any atom is -0.377 e. The van der Waals surface area contributed by atoms with Crippen molar-refractivity contribution in [1.29, 1.82) is 0 Å². The van der Waals surface area contributed by atoms with Gasteiger partial charge in [-0.25, -0.2) is 13.1 Å². The molecule has 1 atom stereocenters. The molecule has 0 aliphatic carbocycles. The van der Waals surface area contributed by atoms with Gasteiger partial charge in [-0.15, -0.1) is 24.0 Å². The zero-order chi connectivity index (χ0) is 21.1. The molecule has 2 rings (SSSR count). The summed E-state index contributed by atoms with van der Waals surface area (Å²) in [4.78, 5) is 4.40. The van der Waals surface area contributed by atoms with Crippen LogP contribution in [0.5, 0.6) is 0 Å². The summed E-state index contributed by atoms with van der Waals surface area (Å²) in [5.41, 5.74) is 3.80. The lowest BCUT2D eigenvalue weighted by Crippen LogP contribution is -2.39. The molecule has 1 aliphatic rings. The lowest BCUT2D eigenvalue weighted by Gasteiger charge is -2.22. The first kappa shape index (κ1) is 27.1. The molecule has 0 aromatic heterocycles. The van der Waals surface area contributed by atoms with Crippen molar-refractivity contribution in [3.05, 3.63) is 34.9 Å². The maximum atomic E-state index is 12.2. The van der Waals surface area contributed by atoms with E-state index >= 15 is 0 Å². The predicted octanol–water partition coefficient (Wildman–Crippen LogP) is 2.51. The number of sulfonamides is 1. The first-order valence-electron chi connectivity index (χ1n) is 10.6. The number of ether oxygens (including phenoxy) is 1. The topological polar surface area (TPSA) is 91.8 Å². The highest BCUT2D eigenvalue weighted by molar-refractivity contribution is 14.0. The minimum atomic E-state index is -3.36. The van der Waals surface area contributed by atoms with E-state index in [9.17, 15) is 8.42 Å². The van der Waals surface area contributed by atoms with Crippen molar-refractivity contribution in [3.63, 3.8) is 0 Å². The molecule has 0 spiro atoms. The Kier molecular flexibility index (Phi) is 12.8. The second-order valence-electron chi connectivity index (χ2n) is 7.59. The molecule has 0 saturated carbocycles. The van der Waals surface area contributed by atoms with E-state index in [-0.39, 0.29) is 42.4 Å². The van der Waals surface area contributed by atoms with Crippen LogP contribution in [0.25, 0.3) is 0 Å². The molecule has 1 fully saturated rings. The molecule has 0 amide bonds. The molecule has 7 nitrogen and oxygen atoms in total. The van der Waals surface area contributed by atoms with E-state index in [1.165, 1.54) is 16.7 Å². The number of nitrogens with zero attached hydrogens (tertiary/aromatic N) is 1. The van der Waals surface area contributed by atoms with Crippen LogP contribution in [-0.2, 0) is 21.2 Å². The summed E-state index contributed by atoms with van der Waals surface area (Å²) >= 11 is 0. The second-order valence-corrected chi connectivity index (χ2v) is 9.52. The van der Waals surface area contributed by atoms with Gasteiger partial charge in [0.15, 0.2) is 5.96 Å². The quantitative estimate of drug-likeness (QED) is 0.236. The van der Waals surface area contributed by atoms with E-state index in [0.717, 1.165) is 45.4 Å². The summed E-state index contributed by atoms with van der Waals surface area (Å²) in [6.45, 7) is 8.92. The van der Waals surface area contributed by atoms with Crippen molar-refractivity contribution in [2.24, 2.45) is 4.99 Å². The number of aryl methyl sites for hydroxylation is 2. The standard InChI is InChI=1S/C21H36N4O3S.HI/c1-4-22-21(23-9-8-19-14-17(2)13-18(3)15-19)24-10-12-29(26,27)25-16-20-7-5-6-11-28-20;/h13-15,20,25H,4-12,16H2,1-3H3,(H2,22,23,24);1H. The molecule has 3 N–H and O–H groups in total. The highest BCUT2D eigenvalue weighted by atomic mass is 127. The SMILES string of the molecule is CCNC(=NCCS(=O)(=O)NCC1CCCCO1)NCCc1cc(C)cc(C)c1.I. The minimum absolute atomic E-state index is 0. The Morgan fingerprint density at radius 3 is 2.53 bits per heavy atom. The van der Waals surface area contributed by atoms with Crippen LogP contribution < -0.4 is 15.4 Å². The summed E-state index contributed by atoms with van der Waals surface area (Å²) < 4.78 is 32.6. The normalized spacial score (nSPS) is 17.3.